The maximum absolute atomic E-state index is 12.2. The van der Waals surface area contributed by atoms with Gasteiger partial charge in [-0.05, 0) is 37.8 Å². The molecule has 1 aromatic carbocycles. The highest BCUT2D eigenvalue weighted by atomic mass is 32.2. The molecule has 0 aliphatic carbocycles. The van der Waals surface area contributed by atoms with Gasteiger partial charge >= 0.3 is 0 Å². The van der Waals surface area contributed by atoms with Crippen LogP contribution in [0.25, 0.3) is 0 Å². The Kier molecular flexibility index (Phi) is 6.52. The van der Waals surface area contributed by atoms with Crippen LogP contribution in [-0.4, -0.2) is 43.1 Å². The molecule has 0 heterocycles. The summed E-state index contributed by atoms with van der Waals surface area (Å²) < 4.78 is 4.94. The fourth-order valence-electron chi connectivity index (χ4n) is 1.75. The molecule has 0 fully saturated rings. The van der Waals surface area contributed by atoms with Crippen LogP contribution in [0.3, 0.4) is 0 Å². The molecular weight excluding hydrogens is 274 g/mol. The molecule has 0 spiro atoms. The molecule has 1 unspecified atom stereocenters. The molecule has 1 atom stereocenters. The Balaban J connectivity index is 2.67. The Morgan fingerprint density at radius 3 is 2.80 bits per heavy atom. The first-order chi connectivity index (χ1) is 9.39. The van der Waals surface area contributed by atoms with Gasteiger partial charge < -0.3 is 15.2 Å². The number of carbonyl (C=O) groups excluding carboxylic acids is 1. The normalized spacial score (nSPS) is 13.8. The average molecular weight is 297 g/mol. The molecule has 0 aromatic heterocycles. The third-order valence-electron chi connectivity index (χ3n) is 3.16. The molecule has 0 radical (unpaired) electrons. The van der Waals surface area contributed by atoms with Crippen molar-refractivity contribution in [2.24, 2.45) is 0 Å². The second-order valence-electron chi connectivity index (χ2n) is 5.10. The summed E-state index contributed by atoms with van der Waals surface area (Å²) in [6.07, 6.45) is 2.45. The molecule has 5 heteroatoms. The highest BCUT2D eigenvalue weighted by Crippen LogP contribution is 2.19. The summed E-state index contributed by atoms with van der Waals surface area (Å²) in [6, 6.07) is 5.80. The number of rotatable bonds is 7. The predicted molar refractivity (Wildman–Crippen MR) is 82.4 cm³/mol. The van der Waals surface area contributed by atoms with E-state index in [2.05, 4.69) is 5.32 Å². The van der Waals surface area contributed by atoms with E-state index >= 15 is 0 Å². The Hall–Kier alpha value is -1.04. The number of ether oxygens (including phenoxy) is 1. The Morgan fingerprint density at radius 1 is 1.50 bits per heavy atom. The quantitative estimate of drug-likeness (QED) is 0.758. The van der Waals surface area contributed by atoms with Crippen LogP contribution in [0.2, 0.25) is 0 Å². The zero-order valence-electron chi connectivity index (χ0n) is 12.5. The zero-order valence-corrected chi connectivity index (χ0v) is 13.3. The number of thioether (sulfide) groups is 1. The van der Waals surface area contributed by atoms with Crippen molar-refractivity contribution in [1.29, 1.82) is 0 Å². The van der Waals surface area contributed by atoms with Crippen LogP contribution >= 0.6 is 11.8 Å². The smallest absolute Gasteiger partial charge is 0.251 e. The van der Waals surface area contributed by atoms with E-state index in [4.69, 9.17) is 4.74 Å². The van der Waals surface area contributed by atoms with Crippen LogP contribution in [0.5, 0.6) is 0 Å². The lowest BCUT2D eigenvalue weighted by Crippen LogP contribution is -2.41. The van der Waals surface area contributed by atoms with Gasteiger partial charge in [0.05, 0.1) is 5.60 Å². The van der Waals surface area contributed by atoms with E-state index in [0.29, 0.717) is 18.6 Å². The lowest BCUT2D eigenvalue weighted by Gasteiger charge is -2.23. The minimum Gasteiger partial charge on any atom is -0.388 e. The summed E-state index contributed by atoms with van der Waals surface area (Å²) in [6.45, 7) is 4.27. The van der Waals surface area contributed by atoms with E-state index in [1.54, 1.807) is 25.8 Å². The molecule has 20 heavy (non-hydrogen) atoms. The van der Waals surface area contributed by atoms with E-state index < -0.39 is 5.60 Å². The van der Waals surface area contributed by atoms with Crippen molar-refractivity contribution in [1.82, 2.24) is 5.32 Å². The number of methoxy groups -OCH3 is 1. The molecular formula is C15H23NO3S. The van der Waals surface area contributed by atoms with Gasteiger partial charge in [-0.1, -0.05) is 6.07 Å². The van der Waals surface area contributed by atoms with E-state index in [0.717, 1.165) is 10.5 Å². The van der Waals surface area contributed by atoms with Crippen molar-refractivity contribution in [3.63, 3.8) is 0 Å². The molecule has 0 saturated carbocycles. The second-order valence-corrected chi connectivity index (χ2v) is 5.98. The molecule has 112 valence electrons. The van der Waals surface area contributed by atoms with Crippen molar-refractivity contribution >= 4 is 17.7 Å². The van der Waals surface area contributed by atoms with Crippen LogP contribution in [-0.2, 0) is 4.74 Å². The average Bonchev–Trinajstić information content (AvgIpc) is 2.43. The molecule has 1 rings (SSSR count). The Labute approximate surface area is 124 Å². The zero-order chi connectivity index (χ0) is 15.2. The molecule has 1 aromatic rings. The third-order valence-corrected chi connectivity index (χ3v) is 3.89. The third kappa shape index (κ3) is 5.15. The Morgan fingerprint density at radius 2 is 2.20 bits per heavy atom. The fourth-order valence-corrected chi connectivity index (χ4v) is 2.19. The van der Waals surface area contributed by atoms with E-state index in [-0.39, 0.29) is 12.5 Å². The molecule has 1 amide bonds. The number of amides is 1. The lowest BCUT2D eigenvalue weighted by molar-refractivity contribution is 0.0243. The fraction of sp³-hybridized carbons (Fsp3) is 0.533. The van der Waals surface area contributed by atoms with Crippen LogP contribution < -0.4 is 5.32 Å². The second kappa shape index (κ2) is 7.67. The minimum atomic E-state index is -0.962. The van der Waals surface area contributed by atoms with Gasteiger partial charge in [0.2, 0.25) is 0 Å². The SMILES string of the molecule is COCCC(C)(O)CNC(=O)c1cc(SC)ccc1C. The van der Waals surface area contributed by atoms with Crippen LogP contribution in [0, 0.1) is 6.92 Å². The molecule has 0 aliphatic rings. The number of hydrogen-bond donors (Lipinski definition) is 2. The van der Waals surface area contributed by atoms with Crippen LogP contribution in [0.15, 0.2) is 23.1 Å². The monoisotopic (exact) mass is 297 g/mol. The van der Waals surface area contributed by atoms with Crippen LogP contribution in [0.4, 0.5) is 0 Å². The van der Waals surface area contributed by atoms with Gasteiger partial charge in [-0.25, -0.2) is 0 Å². The first-order valence-electron chi connectivity index (χ1n) is 6.54. The van der Waals surface area contributed by atoms with E-state index in [1.807, 2.05) is 31.4 Å². The van der Waals surface area contributed by atoms with Gasteiger partial charge in [0.1, 0.15) is 0 Å². The molecule has 2 N–H and O–H groups in total. The van der Waals surface area contributed by atoms with Crippen molar-refractivity contribution in [2.45, 2.75) is 30.8 Å². The van der Waals surface area contributed by atoms with Gasteiger partial charge in [0.15, 0.2) is 0 Å². The summed E-state index contributed by atoms with van der Waals surface area (Å²) in [5.41, 5.74) is 0.618. The first kappa shape index (κ1) is 17.0. The summed E-state index contributed by atoms with van der Waals surface area (Å²) in [5.74, 6) is -0.156. The van der Waals surface area contributed by atoms with Crippen LogP contribution in [0.1, 0.15) is 29.3 Å². The largest absolute Gasteiger partial charge is 0.388 e. The minimum absolute atomic E-state index is 0.156. The maximum Gasteiger partial charge on any atom is 0.251 e. The lowest BCUT2D eigenvalue weighted by atomic mass is 10.0. The van der Waals surface area contributed by atoms with Gasteiger partial charge in [0.25, 0.3) is 5.91 Å². The number of aryl methyl sites for hydroxylation is 1. The number of benzene rings is 1. The van der Waals surface area contributed by atoms with Gasteiger partial charge in [-0.15, -0.1) is 11.8 Å². The van der Waals surface area contributed by atoms with Crippen molar-refractivity contribution in [2.75, 3.05) is 26.5 Å². The van der Waals surface area contributed by atoms with Gasteiger partial charge in [0, 0.05) is 37.1 Å². The Bertz CT molecular complexity index is 460. The van der Waals surface area contributed by atoms with Gasteiger partial charge in [-0.2, -0.15) is 0 Å². The highest BCUT2D eigenvalue weighted by Gasteiger charge is 2.21. The van der Waals surface area contributed by atoms with E-state index in [9.17, 15) is 9.90 Å². The number of nitrogens with one attached hydrogen (secondary N) is 1. The predicted octanol–water partition coefficient (Wildman–Crippen LogP) is 2.23. The topological polar surface area (TPSA) is 58.6 Å². The first-order valence-corrected chi connectivity index (χ1v) is 7.76. The summed E-state index contributed by atoms with van der Waals surface area (Å²) in [5, 5.41) is 12.9. The van der Waals surface area contributed by atoms with Crippen molar-refractivity contribution < 1.29 is 14.6 Å². The summed E-state index contributed by atoms with van der Waals surface area (Å²) in [7, 11) is 1.59. The molecule has 0 saturated heterocycles. The van der Waals surface area contributed by atoms with Crippen molar-refractivity contribution in [3.05, 3.63) is 29.3 Å². The maximum atomic E-state index is 12.2. The molecule has 4 nitrogen and oxygen atoms in total. The number of carbonyl (C=O) groups is 1. The highest BCUT2D eigenvalue weighted by molar-refractivity contribution is 7.98. The van der Waals surface area contributed by atoms with E-state index in [1.165, 1.54) is 0 Å². The number of hydrogen-bond acceptors (Lipinski definition) is 4. The molecule has 0 bridgehead atoms. The number of aliphatic hydroxyl groups is 1. The summed E-state index contributed by atoms with van der Waals surface area (Å²) in [4.78, 5) is 13.2. The standard InChI is InChI=1S/C15H23NO3S/c1-11-5-6-12(20-4)9-13(11)14(17)16-10-15(2,18)7-8-19-3/h5-6,9,18H,7-8,10H2,1-4H3,(H,16,17). The van der Waals surface area contributed by atoms with Gasteiger partial charge in [-0.3, -0.25) is 4.79 Å². The molecule has 0 aliphatic heterocycles. The summed E-state index contributed by atoms with van der Waals surface area (Å²) >= 11 is 1.60. The van der Waals surface area contributed by atoms with Crippen molar-refractivity contribution in [3.8, 4) is 0 Å².